The second-order valence-electron chi connectivity index (χ2n) is 8.87. The van der Waals surface area contributed by atoms with E-state index in [0.717, 1.165) is 10.6 Å². The van der Waals surface area contributed by atoms with E-state index in [1.807, 2.05) is 60.7 Å². The Kier molecular flexibility index (Phi) is 6.27. The molecule has 1 fully saturated rings. The summed E-state index contributed by atoms with van der Waals surface area (Å²) in [5.41, 5.74) is 1.55. The van der Waals surface area contributed by atoms with Gasteiger partial charge in [-0.15, -0.1) is 0 Å². The highest BCUT2D eigenvalue weighted by Gasteiger charge is 2.54. The normalized spacial score (nSPS) is 21.9. The van der Waals surface area contributed by atoms with E-state index < -0.39 is 7.29 Å². The third-order valence-corrected chi connectivity index (χ3v) is 9.34. The van der Waals surface area contributed by atoms with Crippen LogP contribution in [0.15, 0.2) is 91.0 Å². The molecule has 0 amide bonds. The number of nitrogens with one attached hydrogen (secondary N) is 1. The first kappa shape index (κ1) is 21.1. The molecule has 3 aromatic rings. The third-order valence-electron chi connectivity index (χ3n) is 6.64. The summed E-state index contributed by atoms with van der Waals surface area (Å²) in [5, 5.41) is 5.47. The molecule has 30 heavy (non-hydrogen) atoms. The minimum atomic E-state index is -2.99. The number of unbranched alkanes of at least 4 members (excludes halogenated alkanes) is 1. The SMILES string of the molecule is CCCC[C@]1(C)C[C@H]1[C@H](NP(=O)(c1ccccc1)c1ccccc1)c1ccccc1. The van der Waals surface area contributed by atoms with Gasteiger partial charge < -0.3 is 0 Å². The first-order chi connectivity index (χ1) is 14.6. The Morgan fingerprint density at radius 2 is 1.40 bits per heavy atom. The zero-order chi connectivity index (χ0) is 21.0. The highest BCUT2D eigenvalue weighted by molar-refractivity contribution is 7.76. The van der Waals surface area contributed by atoms with E-state index in [2.05, 4.69) is 49.3 Å². The molecule has 0 heterocycles. The van der Waals surface area contributed by atoms with Crippen LogP contribution in [0.4, 0.5) is 0 Å². The average Bonchev–Trinajstić information content (AvgIpc) is 3.48. The molecule has 0 radical (unpaired) electrons. The van der Waals surface area contributed by atoms with Gasteiger partial charge in [-0.2, -0.15) is 0 Å². The zero-order valence-electron chi connectivity index (χ0n) is 18.0. The molecule has 1 saturated carbocycles. The fourth-order valence-corrected chi connectivity index (χ4v) is 7.16. The number of hydrogen-bond donors (Lipinski definition) is 1. The van der Waals surface area contributed by atoms with Gasteiger partial charge in [-0.25, -0.2) is 0 Å². The van der Waals surface area contributed by atoms with Gasteiger partial charge in [-0.1, -0.05) is 93.4 Å². The minimum absolute atomic E-state index is 0.0688. The zero-order valence-corrected chi connectivity index (χ0v) is 18.9. The molecule has 3 heteroatoms. The summed E-state index contributed by atoms with van der Waals surface area (Å²) in [7, 11) is -2.99. The van der Waals surface area contributed by atoms with Gasteiger partial charge in [0.05, 0.1) is 0 Å². The van der Waals surface area contributed by atoms with E-state index in [1.54, 1.807) is 0 Å². The lowest BCUT2D eigenvalue weighted by molar-refractivity contribution is 0.396. The monoisotopic (exact) mass is 417 g/mol. The van der Waals surface area contributed by atoms with E-state index in [9.17, 15) is 4.57 Å². The molecule has 2 nitrogen and oxygen atoms in total. The van der Waals surface area contributed by atoms with Gasteiger partial charge in [0, 0.05) is 16.7 Å². The van der Waals surface area contributed by atoms with Crippen LogP contribution in [0.25, 0.3) is 0 Å². The Bertz CT molecular complexity index is 946. The van der Waals surface area contributed by atoms with Crippen molar-refractivity contribution >= 4 is 17.9 Å². The molecule has 0 unspecified atom stereocenters. The van der Waals surface area contributed by atoms with Crippen molar-refractivity contribution < 1.29 is 4.57 Å². The Balaban J connectivity index is 1.74. The van der Waals surface area contributed by atoms with Crippen LogP contribution in [0.1, 0.15) is 51.1 Å². The van der Waals surface area contributed by atoms with Gasteiger partial charge in [-0.3, -0.25) is 9.65 Å². The van der Waals surface area contributed by atoms with Crippen LogP contribution < -0.4 is 15.7 Å². The summed E-state index contributed by atoms with van der Waals surface area (Å²) in [6.07, 6.45) is 4.89. The molecule has 0 aromatic heterocycles. The van der Waals surface area contributed by atoms with Crippen molar-refractivity contribution in [3.63, 3.8) is 0 Å². The maximum Gasteiger partial charge on any atom is 0.205 e. The molecule has 1 N–H and O–H groups in total. The van der Waals surface area contributed by atoms with E-state index in [1.165, 1.54) is 31.2 Å². The lowest BCUT2D eigenvalue weighted by Crippen LogP contribution is -2.32. The number of benzene rings is 3. The van der Waals surface area contributed by atoms with Crippen LogP contribution in [-0.4, -0.2) is 0 Å². The van der Waals surface area contributed by atoms with Crippen molar-refractivity contribution in [1.29, 1.82) is 0 Å². The van der Waals surface area contributed by atoms with E-state index >= 15 is 0 Å². The fraction of sp³-hybridized carbons (Fsp3) is 0.333. The third kappa shape index (κ3) is 4.31. The van der Waals surface area contributed by atoms with Crippen LogP contribution in [0.5, 0.6) is 0 Å². The second-order valence-corrected chi connectivity index (χ2v) is 11.4. The Morgan fingerprint density at radius 1 is 0.900 bits per heavy atom. The van der Waals surface area contributed by atoms with Crippen molar-refractivity contribution in [1.82, 2.24) is 5.09 Å². The summed E-state index contributed by atoms with van der Waals surface area (Å²) in [4.78, 5) is 0. The molecule has 3 aromatic carbocycles. The predicted octanol–water partition coefficient (Wildman–Crippen LogP) is 6.46. The van der Waals surface area contributed by atoms with Crippen LogP contribution >= 0.6 is 7.29 Å². The summed E-state index contributed by atoms with van der Waals surface area (Å²) in [6.45, 7) is 4.66. The van der Waals surface area contributed by atoms with Crippen molar-refractivity contribution in [3.05, 3.63) is 96.6 Å². The van der Waals surface area contributed by atoms with Crippen LogP contribution in [0, 0.1) is 11.3 Å². The Morgan fingerprint density at radius 3 is 1.90 bits per heavy atom. The average molecular weight is 418 g/mol. The van der Waals surface area contributed by atoms with E-state index in [4.69, 9.17) is 0 Å². The molecular weight excluding hydrogens is 385 g/mol. The van der Waals surface area contributed by atoms with E-state index in [0.29, 0.717) is 11.3 Å². The van der Waals surface area contributed by atoms with Gasteiger partial charge in [-0.05, 0) is 54.0 Å². The summed E-state index contributed by atoms with van der Waals surface area (Å²) in [5.74, 6) is 0.493. The maximum atomic E-state index is 14.6. The smallest absolute Gasteiger partial charge is 0.205 e. The van der Waals surface area contributed by atoms with Gasteiger partial charge in [0.15, 0.2) is 0 Å². The van der Waals surface area contributed by atoms with Crippen molar-refractivity contribution in [3.8, 4) is 0 Å². The Labute approximate surface area is 181 Å². The molecule has 0 spiro atoms. The van der Waals surface area contributed by atoms with Crippen LogP contribution in [0.2, 0.25) is 0 Å². The molecular formula is C27H32NOP. The van der Waals surface area contributed by atoms with Gasteiger partial charge in [0.1, 0.15) is 0 Å². The van der Waals surface area contributed by atoms with Crippen molar-refractivity contribution in [2.75, 3.05) is 0 Å². The standard InChI is InChI=1S/C27H32NOP/c1-3-4-20-27(2)21-25(27)26(22-14-8-5-9-15-22)28-30(29,23-16-10-6-11-17-23)24-18-12-7-13-19-24/h5-19,25-26H,3-4,20-21H2,1-2H3,(H,28,29)/t25-,26+,27+/m0/s1. The first-order valence-corrected chi connectivity index (χ1v) is 12.8. The quantitative estimate of drug-likeness (QED) is 0.405. The molecule has 4 rings (SSSR count). The molecule has 0 aliphatic heterocycles. The number of rotatable bonds is 9. The summed E-state index contributed by atoms with van der Waals surface area (Å²) >= 11 is 0. The van der Waals surface area contributed by atoms with Crippen molar-refractivity contribution in [2.24, 2.45) is 11.3 Å². The van der Waals surface area contributed by atoms with Gasteiger partial charge >= 0.3 is 0 Å². The first-order valence-electron chi connectivity index (χ1n) is 11.1. The van der Waals surface area contributed by atoms with Gasteiger partial charge in [0.25, 0.3) is 0 Å². The lowest BCUT2D eigenvalue weighted by atomic mass is 9.93. The minimum Gasteiger partial charge on any atom is -0.297 e. The van der Waals surface area contributed by atoms with Crippen molar-refractivity contribution in [2.45, 2.75) is 45.6 Å². The van der Waals surface area contributed by atoms with Gasteiger partial charge in [0.2, 0.25) is 7.29 Å². The fourth-order valence-electron chi connectivity index (χ4n) is 4.66. The molecule has 0 bridgehead atoms. The lowest BCUT2D eigenvalue weighted by Gasteiger charge is -2.29. The maximum absolute atomic E-state index is 14.6. The molecule has 1 aliphatic carbocycles. The molecule has 3 atom stereocenters. The second kappa shape index (κ2) is 8.92. The van der Waals surface area contributed by atoms with Crippen LogP contribution in [0.3, 0.4) is 0 Å². The largest absolute Gasteiger partial charge is 0.297 e. The highest BCUT2D eigenvalue weighted by atomic mass is 31.2. The topological polar surface area (TPSA) is 29.1 Å². The van der Waals surface area contributed by atoms with E-state index in [-0.39, 0.29) is 6.04 Å². The number of hydrogen-bond acceptors (Lipinski definition) is 1. The Hall–Kier alpha value is -2.15. The molecule has 156 valence electrons. The summed E-state index contributed by atoms with van der Waals surface area (Å²) in [6, 6.07) is 30.5. The highest BCUT2D eigenvalue weighted by Crippen LogP contribution is 2.62. The summed E-state index contributed by atoms with van der Waals surface area (Å²) < 4.78 is 14.6. The predicted molar refractivity (Wildman–Crippen MR) is 128 cm³/mol. The molecule has 0 saturated heterocycles. The van der Waals surface area contributed by atoms with Crippen LogP contribution in [-0.2, 0) is 4.57 Å². The molecule has 1 aliphatic rings.